The number of rotatable bonds is 3. The van der Waals surface area contributed by atoms with Crippen molar-refractivity contribution in [1.82, 2.24) is 14.8 Å². The van der Waals surface area contributed by atoms with E-state index < -0.39 is 5.95 Å². The molecule has 0 aliphatic carbocycles. The molecule has 0 aliphatic rings. The fourth-order valence-corrected chi connectivity index (χ4v) is 1.67. The van der Waals surface area contributed by atoms with Crippen molar-refractivity contribution < 1.29 is 9.13 Å². The summed E-state index contributed by atoms with van der Waals surface area (Å²) in [7, 11) is 1.76. The Kier molecular flexibility index (Phi) is 3.28. The highest BCUT2D eigenvalue weighted by Crippen LogP contribution is 2.20. The molecule has 2 aromatic rings. The molecule has 0 radical (unpaired) electrons. The lowest BCUT2D eigenvalue weighted by atomic mass is 10.3. The zero-order valence-electron chi connectivity index (χ0n) is 9.44. The molecular weight excluding hydrogens is 245 g/mol. The summed E-state index contributed by atoms with van der Waals surface area (Å²) in [6.07, 6.45) is 1.33. The third-order valence-electron chi connectivity index (χ3n) is 2.35. The van der Waals surface area contributed by atoms with Crippen molar-refractivity contribution in [2.75, 3.05) is 0 Å². The van der Waals surface area contributed by atoms with E-state index >= 15 is 0 Å². The normalized spacial score (nSPS) is 10.6. The molecule has 2 heterocycles. The minimum absolute atomic E-state index is 0.284. The molecule has 0 bridgehead atoms. The molecule has 0 atom stereocenters. The van der Waals surface area contributed by atoms with Gasteiger partial charge in [0.2, 0.25) is 5.95 Å². The van der Waals surface area contributed by atoms with Crippen molar-refractivity contribution in [3.05, 3.63) is 40.7 Å². The Labute approximate surface area is 103 Å². The van der Waals surface area contributed by atoms with Crippen LogP contribution in [0.3, 0.4) is 0 Å². The monoisotopic (exact) mass is 255 g/mol. The number of aromatic nitrogens is 3. The number of aryl methyl sites for hydroxylation is 2. The molecule has 0 N–H and O–H groups in total. The summed E-state index contributed by atoms with van der Waals surface area (Å²) >= 11 is 6.05. The zero-order valence-corrected chi connectivity index (χ0v) is 10.2. The molecule has 2 aromatic heterocycles. The minimum atomic E-state index is -0.534. The lowest BCUT2D eigenvalue weighted by molar-refractivity contribution is 0.303. The summed E-state index contributed by atoms with van der Waals surface area (Å²) in [5.74, 6) is -0.0429. The van der Waals surface area contributed by atoms with Gasteiger partial charge < -0.3 is 4.74 Å². The van der Waals surface area contributed by atoms with Crippen LogP contribution < -0.4 is 4.74 Å². The summed E-state index contributed by atoms with van der Waals surface area (Å²) < 4.78 is 19.6. The Bertz CT molecular complexity index is 524. The third-order valence-corrected chi connectivity index (χ3v) is 2.83. The van der Waals surface area contributed by atoms with Gasteiger partial charge in [-0.25, -0.2) is 4.98 Å². The van der Waals surface area contributed by atoms with Crippen molar-refractivity contribution in [3.63, 3.8) is 0 Å². The van der Waals surface area contributed by atoms with E-state index in [2.05, 4.69) is 10.1 Å². The SMILES string of the molecule is Cc1nn(C)c(Cl)c1COc1ccc(F)nc1. The van der Waals surface area contributed by atoms with E-state index in [0.29, 0.717) is 10.9 Å². The van der Waals surface area contributed by atoms with Crippen molar-refractivity contribution in [2.45, 2.75) is 13.5 Å². The molecule has 6 heteroatoms. The van der Waals surface area contributed by atoms with E-state index in [4.69, 9.17) is 16.3 Å². The number of nitrogens with zero attached hydrogens (tertiary/aromatic N) is 3. The van der Waals surface area contributed by atoms with Gasteiger partial charge in [0, 0.05) is 12.6 Å². The van der Waals surface area contributed by atoms with Crippen LogP contribution in [0.25, 0.3) is 0 Å². The first-order valence-electron chi connectivity index (χ1n) is 5.00. The van der Waals surface area contributed by atoms with E-state index in [0.717, 1.165) is 11.3 Å². The molecule has 0 unspecified atom stereocenters. The molecule has 0 spiro atoms. The summed E-state index contributed by atoms with van der Waals surface area (Å²) in [5.41, 5.74) is 1.63. The van der Waals surface area contributed by atoms with Crippen molar-refractivity contribution >= 4 is 11.6 Å². The van der Waals surface area contributed by atoms with Crippen LogP contribution in [0.15, 0.2) is 18.3 Å². The maximum Gasteiger partial charge on any atom is 0.213 e. The highest BCUT2D eigenvalue weighted by molar-refractivity contribution is 6.30. The number of halogens is 2. The van der Waals surface area contributed by atoms with Gasteiger partial charge in [0.15, 0.2) is 0 Å². The molecule has 0 fully saturated rings. The van der Waals surface area contributed by atoms with Gasteiger partial charge in [-0.05, 0) is 19.1 Å². The first kappa shape index (κ1) is 11.9. The maximum atomic E-state index is 12.6. The van der Waals surface area contributed by atoms with Crippen LogP contribution in [0.1, 0.15) is 11.3 Å². The average Bonchev–Trinajstić information content (AvgIpc) is 2.54. The van der Waals surface area contributed by atoms with Gasteiger partial charge in [0.25, 0.3) is 0 Å². The summed E-state index contributed by atoms with van der Waals surface area (Å²) in [4.78, 5) is 3.50. The lowest BCUT2D eigenvalue weighted by Crippen LogP contribution is -1.98. The second kappa shape index (κ2) is 4.71. The second-order valence-corrected chi connectivity index (χ2v) is 3.94. The summed E-state index contributed by atoms with van der Waals surface area (Å²) in [6.45, 7) is 2.14. The van der Waals surface area contributed by atoms with E-state index in [1.165, 1.54) is 18.3 Å². The van der Waals surface area contributed by atoms with Gasteiger partial charge >= 0.3 is 0 Å². The van der Waals surface area contributed by atoms with E-state index in [9.17, 15) is 4.39 Å². The van der Waals surface area contributed by atoms with Gasteiger partial charge in [-0.3, -0.25) is 4.68 Å². The molecule has 0 saturated carbocycles. The van der Waals surface area contributed by atoms with Crippen LogP contribution in [-0.2, 0) is 13.7 Å². The third kappa shape index (κ3) is 2.55. The molecule has 0 aliphatic heterocycles. The fraction of sp³-hybridized carbons (Fsp3) is 0.273. The van der Waals surface area contributed by atoms with E-state index in [-0.39, 0.29) is 6.61 Å². The minimum Gasteiger partial charge on any atom is -0.487 e. The van der Waals surface area contributed by atoms with Gasteiger partial charge in [0.1, 0.15) is 17.5 Å². The molecule has 0 saturated heterocycles. The maximum absolute atomic E-state index is 12.6. The number of pyridine rings is 1. The largest absolute Gasteiger partial charge is 0.487 e. The number of hydrogen-bond acceptors (Lipinski definition) is 3. The van der Waals surface area contributed by atoms with Crippen LogP contribution >= 0.6 is 11.6 Å². The average molecular weight is 256 g/mol. The topological polar surface area (TPSA) is 39.9 Å². The van der Waals surface area contributed by atoms with Gasteiger partial charge in [-0.1, -0.05) is 11.6 Å². The highest BCUT2D eigenvalue weighted by atomic mass is 35.5. The van der Waals surface area contributed by atoms with Crippen LogP contribution in [0.5, 0.6) is 5.75 Å². The molecule has 90 valence electrons. The first-order valence-corrected chi connectivity index (χ1v) is 5.38. The van der Waals surface area contributed by atoms with Crippen LogP contribution in [0.4, 0.5) is 4.39 Å². The standard InChI is InChI=1S/C11H11ClFN3O/c1-7-9(11(12)16(2)15-7)6-17-8-3-4-10(13)14-5-8/h3-5H,6H2,1-2H3. The van der Waals surface area contributed by atoms with Crippen LogP contribution in [0, 0.1) is 12.9 Å². The fourth-order valence-electron chi connectivity index (χ4n) is 1.44. The Morgan fingerprint density at radius 2 is 2.24 bits per heavy atom. The van der Waals surface area contributed by atoms with E-state index in [1.54, 1.807) is 11.7 Å². The molecule has 17 heavy (non-hydrogen) atoms. The number of ether oxygens (including phenoxy) is 1. The quantitative estimate of drug-likeness (QED) is 0.791. The lowest BCUT2D eigenvalue weighted by Gasteiger charge is -2.05. The Balaban J connectivity index is 2.09. The first-order chi connectivity index (χ1) is 8.08. The number of hydrogen-bond donors (Lipinski definition) is 0. The van der Waals surface area contributed by atoms with Gasteiger partial charge in [-0.15, -0.1) is 0 Å². The predicted molar refractivity (Wildman–Crippen MR) is 61.5 cm³/mol. The van der Waals surface area contributed by atoms with E-state index in [1.807, 2.05) is 6.92 Å². The molecule has 4 nitrogen and oxygen atoms in total. The van der Waals surface area contributed by atoms with Gasteiger partial charge in [-0.2, -0.15) is 9.49 Å². The van der Waals surface area contributed by atoms with Crippen molar-refractivity contribution in [1.29, 1.82) is 0 Å². The summed E-state index contributed by atoms with van der Waals surface area (Å²) in [5, 5.41) is 4.71. The molecule has 2 rings (SSSR count). The second-order valence-electron chi connectivity index (χ2n) is 3.58. The highest BCUT2D eigenvalue weighted by Gasteiger charge is 2.11. The molecular formula is C11H11ClFN3O. The van der Waals surface area contributed by atoms with Crippen molar-refractivity contribution in [2.24, 2.45) is 7.05 Å². The van der Waals surface area contributed by atoms with Gasteiger partial charge in [0.05, 0.1) is 11.9 Å². The predicted octanol–water partition coefficient (Wildman–Crippen LogP) is 2.50. The van der Waals surface area contributed by atoms with Crippen LogP contribution in [0.2, 0.25) is 5.15 Å². The molecule has 0 amide bonds. The zero-order chi connectivity index (χ0) is 12.4. The Hall–Kier alpha value is -1.62. The van der Waals surface area contributed by atoms with Crippen molar-refractivity contribution in [3.8, 4) is 5.75 Å². The van der Waals surface area contributed by atoms with Crippen LogP contribution in [-0.4, -0.2) is 14.8 Å². The smallest absolute Gasteiger partial charge is 0.213 e. The summed E-state index contributed by atoms with van der Waals surface area (Å²) in [6, 6.07) is 2.76. The molecule has 0 aromatic carbocycles. The Morgan fingerprint density at radius 3 is 2.76 bits per heavy atom. The Morgan fingerprint density at radius 1 is 1.47 bits per heavy atom.